The van der Waals surface area contributed by atoms with Crippen LogP contribution in [0.4, 0.5) is 11.5 Å². The van der Waals surface area contributed by atoms with E-state index in [-0.39, 0.29) is 0 Å². The average molecular weight is 276 g/mol. The highest BCUT2D eigenvalue weighted by molar-refractivity contribution is 5.55. The molecule has 2 N–H and O–H groups in total. The number of aromatic nitrogens is 1. The van der Waals surface area contributed by atoms with E-state index in [4.69, 9.17) is 0 Å². The molecule has 0 unspecified atom stereocenters. The Balaban J connectivity index is 1.75. The van der Waals surface area contributed by atoms with Crippen LogP contribution < -0.4 is 5.32 Å². The van der Waals surface area contributed by atoms with E-state index < -0.39 is 6.10 Å². The lowest BCUT2D eigenvalue weighted by molar-refractivity contribution is 0.220. The van der Waals surface area contributed by atoms with E-state index in [2.05, 4.69) is 10.3 Å². The molecule has 0 fully saturated rings. The maximum Gasteiger partial charge on any atom is 0.130 e. The van der Waals surface area contributed by atoms with Gasteiger partial charge in [0.15, 0.2) is 0 Å². The summed E-state index contributed by atoms with van der Waals surface area (Å²) in [4.78, 5) is 4.35. The topological polar surface area (TPSA) is 45.1 Å². The highest BCUT2D eigenvalue weighted by Crippen LogP contribution is 2.22. The van der Waals surface area contributed by atoms with Gasteiger partial charge < -0.3 is 10.4 Å². The number of nitrogens with zero attached hydrogens (tertiary/aromatic N) is 1. The second-order valence-corrected chi connectivity index (χ2v) is 4.78. The molecule has 0 spiro atoms. The first-order valence-corrected chi connectivity index (χ1v) is 6.84. The first kappa shape index (κ1) is 13.3. The molecule has 1 heterocycles. The van der Waals surface area contributed by atoms with Gasteiger partial charge in [0.25, 0.3) is 0 Å². The van der Waals surface area contributed by atoms with Gasteiger partial charge in [-0.1, -0.05) is 54.6 Å². The van der Waals surface area contributed by atoms with Crippen LogP contribution in [-0.4, -0.2) is 10.1 Å². The highest BCUT2D eigenvalue weighted by atomic mass is 16.3. The van der Waals surface area contributed by atoms with E-state index >= 15 is 0 Å². The van der Waals surface area contributed by atoms with Crippen LogP contribution in [0.15, 0.2) is 79.0 Å². The van der Waals surface area contributed by atoms with Crippen LogP contribution in [-0.2, 0) is 0 Å². The summed E-state index contributed by atoms with van der Waals surface area (Å²) < 4.78 is 0. The molecule has 0 aliphatic rings. The van der Waals surface area contributed by atoms with Crippen molar-refractivity contribution in [3.63, 3.8) is 0 Å². The van der Waals surface area contributed by atoms with Gasteiger partial charge in [-0.2, -0.15) is 0 Å². The Morgan fingerprint density at radius 1 is 0.762 bits per heavy atom. The van der Waals surface area contributed by atoms with Crippen molar-refractivity contribution in [2.45, 2.75) is 6.10 Å². The van der Waals surface area contributed by atoms with Gasteiger partial charge in [-0.25, -0.2) is 4.98 Å². The molecular weight excluding hydrogens is 260 g/mol. The monoisotopic (exact) mass is 276 g/mol. The predicted molar refractivity (Wildman–Crippen MR) is 84.5 cm³/mol. The first-order valence-electron chi connectivity index (χ1n) is 6.84. The zero-order valence-electron chi connectivity index (χ0n) is 11.5. The fourth-order valence-corrected chi connectivity index (χ4v) is 2.14. The van der Waals surface area contributed by atoms with E-state index in [0.29, 0.717) is 0 Å². The average Bonchev–Trinajstić information content (AvgIpc) is 2.57. The molecule has 0 bridgehead atoms. The van der Waals surface area contributed by atoms with Crippen molar-refractivity contribution in [3.8, 4) is 0 Å². The Morgan fingerprint density at radius 3 is 2.05 bits per heavy atom. The van der Waals surface area contributed by atoms with Gasteiger partial charge in [0.2, 0.25) is 0 Å². The molecular formula is C18H16N2O. The summed E-state index contributed by atoms with van der Waals surface area (Å²) in [5, 5.41) is 13.5. The number of nitrogens with one attached hydrogen (secondary N) is 1. The third-order valence-corrected chi connectivity index (χ3v) is 3.26. The number of anilines is 2. The summed E-state index contributed by atoms with van der Waals surface area (Å²) in [5.41, 5.74) is 2.63. The van der Waals surface area contributed by atoms with Crippen molar-refractivity contribution in [3.05, 3.63) is 90.1 Å². The Kier molecular flexibility index (Phi) is 3.94. The summed E-state index contributed by atoms with van der Waals surface area (Å²) in [7, 11) is 0. The zero-order valence-corrected chi connectivity index (χ0v) is 11.5. The predicted octanol–water partition coefficient (Wildman–Crippen LogP) is 3.91. The van der Waals surface area contributed by atoms with Crippen LogP contribution in [0.1, 0.15) is 17.2 Å². The molecule has 3 rings (SSSR count). The largest absolute Gasteiger partial charge is 0.384 e. The fourth-order valence-electron chi connectivity index (χ4n) is 2.14. The van der Waals surface area contributed by atoms with Gasteiger partial charge in [0.05, 0.1) is 0 Å². The summed E-state index contributed by atoms with van der Waals surface area (Å²) >= 11 is 0. The van der Waals surface area contributed by atoms with Crippen LogP contribution >= 0.6 is 0 Å². The molecule has 3 heteroatoms. The van der Waals surface area contributed by atoms with Crippen molar-refractivity contribution in [2.75, 3.05) is 5.32 Å². The number of aliphatic hydroxyl groups excluding tert-OH is 1. The minimum Gasteiger partial charge on any atom is -0.384 e. The van der Waals surface area contributed by atoms with Gasteiger partial charge in [-0.05, 0) is 23.8 Å². The minimum absolute atomic E-state index is 0.649. The lowest BCUT2D eigenvalue weighted by Crippen LogP contribution is -2.01. The number of hydrogen-bond donors (Lipinski definition) is 2. The van der Waals surface area contributed by atoms with E-state index in [0.717, 1.165) is 22.6 Å². The maximum absolute atomic E-state index is 10.3. The number of benzene rings is 2. The van der Waals surface area contributed by atoms with E-state index in [1.165, 1.54) is 0 Å². The third kappa shape index (κ3) is 3.27. The Labute approximate surface area is 123 Å². The van der Waals surface area contributed by atoms with E-state index in [9.17, 15) is 5.11 Å². The normalized spacial score (nSPS) is 11.9. The molecule has 104 valence electrons. The molecule has 1 atom stereocenters. The molecule has 21 heavy (non-hydrogen) atoms. The van der Waals surface area contributed by atoms with Crippen molar-refractivity contribution in [1.29, 1.82) is 0 Å². The zero-order chi connectivity index (χ0) is 14.5. The minimum atomic E-state index is -0.649. The molecule has 0 saturated heterocycles. The fraction of sp³-hybridized carbons (Fsp3) is 0.0556. The summed E-state index contributed by atoms with van der Waals surface area (Å²) in [5.74, 6) is 0.755. The molecule has 3 aromatic rings. The summed E-state index contributed by atoms with van der Waals surface area (Å²) in [6.45, 7) is 0. The molecule has 0 amide bonds. The van der Waals surface area contributed by atoms with Crippen molar-refractivity contribution >= 4 is 11.5 Å². The number of aliphatic hydroxyl groups is 1. The van der Waals surface area contributed by atoms with Gasteiger partial charge in [-0.15, -0.1) is 0 Å². The number of hydrogen-bond acceptors (Lipinski definition) is 3. The number of rotatable bonds is 4. The molecule has 1 aromatic heterocycles. The number of para-hydroxylation sites is 1. The maximum atomic E-state index is 10.3. The molecule has 0 aliphatic carbocycles. The third-order valence-electron chi connectivity index (χ3n) is 3.26. The number of pyridine rings is 1. The van der Waals surface area contributed by atoms with Crippen molar-refractivity contribution in [2.24, 2.45) is 0 Å². The van der Waals surface area contributed by atoms with Gasteiger partial charge in [0.1, 0.15) is 11.9 Å². The first-order chi connectivity index (χ1) is 10.3. The Morgan fingerprint density at radius 2 is 1.43 bits per heavy atom. The molecule has 3 nitrogen and oxygen atoms in total. The lowest BCUT2D eigenvalue weighted by atomic mass is 10.0. The quantitative estimate of drug-likeness (QED) is 0.759. The van der Waals surface area contributed by atoms with Gasteiger partial charge in [-0.3, -0.25) is 0 Å². The second kappa shape index (κ2) is 6.20. The van der Waals surface area contributed by atoms with Crippen LogP contribution in [0.2, 0.25) is 0 Å². The molecule has 0 saturated carbocycles. The molecule has 0 radical (unpaired) electrons. The Hall–Kier alpha value is -2.65. The van der Waals surface area contributed by atoms with E-state index in [1.807, 2.05) is 72.8 Å². The SMILES string of the molecule is O[C@H](c1ccccc1)c1ccc(Nc2ccccc2)nc1. The lowest BCUT2D eigenvalue weighted by Gasteiger charge is -2.12. The summed E-state index contributed by atoms with van der Waals surface area (Å²) in [6, 6.07) is 23.2. The smallest absolute Gasteiger partial charge is 0.130 e. The van der Waals surface area contributed by atoms with Crippen LogP contribution in [0.25, 0.3) is 0 Å². The summed E-state index contributed by atoms with van der Waals surface area (Å²) in [6.07, 6.45) is 1.05. The molecule has 2 aromatic carbocycles. The van der Waals surface area contributed by atoms with Crippen molar-refractivity contribution < 1.29 is 5.11 Å². The highest BCUT2D eigenvalue weighted by Gasteiger charge is 2.10. The Bertz CT molecular complexity index is 681. The van der Waals surface area contributed by atoms with Gasteiger partial charge in [0, 0.05) is 17.4 Å². The van der Waals surface area contributed by atoms with E-state index in [1.54, 1.807) is 6.20 Å². The van der Waals surface area contributed by atoms with Crippen LogP contribution in [0.3, 0.4) is 0 Å². The van der Waals surface area contributed by atoms with Crippen LogP contribution in [0, 0.1) is 0 Å². The van der Waals surface area contributed by atoms with Crippen LogP contribution in [0.5, 0.6) is 0 Å². The van der Waals surface area contributed by atoms with Gasteiger partial charge >= 0.3 is 0 Å². The molecule has 0 aliphatic heterocycles. The van der Waals surface area contributed by atoms with Crippen molar-refractivity contribution in [1.82, 2.24) is 4.98 Å². The second-order valence-electron chi connectivity index (χ2n) is 4.78. The standard InChI is InChI=1S/C18H16N2O/c21-18(14-7-3-1-4-8-14)15-11-12-17(19-13-15)20-16-9-5-2-6-10-16/h1-13,18,21H,(H,19,20)/t18-/m1/s1.